The third-order valence-corrected chi connectivity index (χ3v) is 6.08. The summed E-state index contributed by atoms with van der Waals surface area (Å²) in [4.78, 5) is 24.0. The fraction of sp³-hybridized carbons (Fsp3) is 0.400. The fourth-order valence-electron chi connectivity index (χ4n) is 4.07. The van der Waals surface area contributed by atoms with E-state index in [1.54, 1.807) is 7.05 Å². The highest BCUT2D eigenvalue weighted by atomic mass is 127. The predicted octanol–water partition coefficient (Wildman–Crippen LogP) is 3.44. The Morgan fingerprint density at radius 2 is 1.82 bits per heavy atom. The van der Waals surface area contributed by atoms with E-state index in [1.165, 1.54) is 0 Å². The molecule has 0 amide bonds. The normalized spacial score (nSPS) is 14.6. The Morgan fingerprint density at radius 3 is 2.47 bits per heavy atom. The van der Waals surface area contributed by atoms with Crippen LogP contribution in [0.25, 0.3) is 11.3 Å². The number of pyridine rings is 1. The number of piperazine rings is 1. The number of anilines is 1. The van der Waals surface area contributed by atoms with Crippen molar-refractivity contribution in [2.24, 2.45) is 4.99 Å². The molecule has 4 rings (SSSR count). The second kappa shape index (κ2) is 12.7. The summed E-state index contributed by atoms with van der Waals surface area (Å²) in [6.07, 6.45) is 3.84. The van der Waals surface area contributed by atoms with Gasteiger partial charge in [-0.1, -0.05) is 43.3 Å². The minimum Gasteiger partial charge on any atom is -0.354 e. The Labute approximate surface area is 219 Å². The molecule has 0 saturated carbocycles. The number of guanidine groups is 1. The maximum atomic E-state index is 4.70. The van der Waals surface area contributed by atoms with Crippen molar-refractivity contribution in [2.45, 2.75) is 20.0 Å². The number of hydrogen-bond acceptors (Lipinski definition) is 5. The molecule has 2 N–H and O–H groups in total. The van der Waals surface area contributed by atoms with Crippen molar-refractivity contribution in [1.82, 2.24) is 30.1 Å². The maximum absolute atomic E-state index is 4.70. The van der Waals surface area contributed by atoms with Gasteiger partial charge in [0.15, 0.2) is 5.96 Å². The lowest BCUT2D eigenvalue weighted by atomic mass is 10.2. The second-order valence-electron chi connectivity index (χ2n) is 8.31. The van der Waals surface area contributed by atoms with E-state index in [-0.39, 0.29) is 24.0 Å². The molecule has 1 aliphatic rings. The highest BCUT2D eigenvalue weighted by Gasteiger charge is 2.16. The van der Waals surface area contributed by atoms with Crippen LogP contribution in [0.1, 0.15) is 18.3 Å². The van der Waals surface area contributed by atoms with Crippen molar-refractivity contribution in [3.05, 3.63) is 66.2 Å². The zero-order valence-corrected chi connectivity index (χ0v) is 22.6. The van der Waals surface area contributed by atoms with Gasteiger partial charge in [-0.15, -0.1) is 24.0 Å². The van der Waals surface area contributed by atoms with Gasteiger partial charge >= 0.3 is 0 Å². The third-order valence-electron chi connectivity index (χ3n) is 6.08. The molecule has 0 unspecified atom stereocenters. The van der Waals surface area contributed by atoms with Crippen LogP contribution in [0.2, 0.25) is 0 Å². The SMILES string of the molecule is CCN1CCN(c2ccc(CNC(=NC)N(C)Cc3ncc(-c4ccccc4)[nH]3)cn2)CC1.I. The Kier molecular flexibility index (Phi) is 9.70. The molecule has 0 aliphatic carbocycles. The summed E-state index contributed by atoms with van der Waals surface area (Å²) in [6.45, 7) is 8.92. The van der Waals surface area contributed by atoms with Crippen molar-refractivity contribution < 1.29 is 0 Å². The third kappa shape index (κ3) is 6.69. The average molecular weight is 575 g/mol. The number of likely N-dealkylation sites (N-methyl/N-ethyl adjacent to an activating group) is 1. The Morgan fingerprint density at radius 1 is 1.06 bits per heavy atom. The average Bonchev–Trinajstić information content (AvgIpc) is 3.34. The van der Waals surface area contributed by atoms with E-state index in [9.17, 15) is 0 Å². The van der Waals surface area contributed by atoms with E-state index in [0.717, 1.165) is 67.1 Å². The maximum Gasteiger partial charge on any atom is 0.194 e. The number of nitrogens with one attached hydrogen (secondary N) is 2. The fourth-order valence-corrected chi connectivity index (χ4v) is 4.07. The monoisotopic (exact) mass is 574 g/mol. The van der Waals surface area contributed by atoms with Crippen molar-refractivity contribution >= 4 is 35.8 Å². The van der Waals surface area contributed by atoms with Gasteiger partial charge in [-0.2, -0.15) is 0 Å². The van der Waals surface area contributed by atoms with Crippen LogP contribution >= 0.6 is 24.0 Å². The van der Waals surface area contributed by atoms with E-state index >= 15 is 0 Å². The number of rotatable bonds is 7. The largest absolute Gasteiger partial charge is 0.354 e. The van der Waals surface area contributed by atoms with Crippen molar-refractivity contribution in [3.8, 4) is 11.3 Å². The van der Waals surface area contributed by atoms with E-state index in [1.807, 2.05) is 37.6 Å². The second-order valence-corrected chi connectivity index (χ2v) is 8.31. The predicted molar refractivity (Wildman–Crippen MR) is 150 cm³/mol. The summed E-state index contributed by atoms with van der Waals surface area (Å²) in [5.74, 6) is 2.77. The molecule has 34 heavy (non-hydrogen) atoms. The number of imidazole rings is 1. The zero-order chi connectivity index (χ0) is 23.0. The van der Waals surface area contributed by atoms with Gasteiger partial charge in [0.05, 0.1) is 18.4 Å². The van der Waals surface area contributed by atoms with Crippen molar-refractivity contribution in [1.29, 1.82) is 0 Å². The molecule has 0 atom stereocenters. The van der Waals surface area contributed by atoms with E-state index < -0.39 is 0 Å². The van der Waals surface area contributed by atoms with E-state index in [0.29, 0.717) is 13.1 Å². The molecule has 3 heterocycles. The highest BCUT2D eigenvalue weighted by molar-refractivity contribution is 14.0. The van der Waals surface area contributed by atoms with Crippen LogP contribution in [0.5, 0.6) is 0 Å². The molecule has 0 bridgehead atoms. The van der Waals surface area contributed by atoms with Crippen LogP contribution in [-0.4, -0.2) is 77.5 Å². The first-order valence-corrected chi connectivity index (χ1v) is 11.6. The van der Waals surface area contributed by atoms with Crippen LogP contribution in [0, 0.1) is 0 Å². The molecule has 1 saturated heterocycles. The summed E-state index contributed by atoms with van der Waals surface area (Å²) < 4.78 is 0. The number of H-pyrrole nitrogens is 1. The molecule has 182 valence electrons. The standard InChI is InChI=1S/C25H34N8.HI/c1-4-32-12-14-33(15-13-32)24-11-10-20(16-28-24)17-29-25(26-2)31(3)19-23-27-18-22(30-23)21-8-6-5-7-9-21;/h5-11,16,18H,4,12-15,17,19H2,1-3H3,(H,26,29)(H,27,30);1H. The van der Waals surface area contributed by atoms with Crippen LogP contribution in [0.4, 0.5) is 5.82 Å². The van der Waals surface area contributed by atoms with Gasteiger partial charge in [0.25, 0.3) is 0 Å². The van der Waals surface area contributed by atoms with Gasteiger partial charge in [0.2, 0.25) is 0 Å². The minimum atomic E-state index is 0. The van der Waals surface area contributed by atoms with Crippen LogP contribution in [0.15, 0.2) is 59.9 Å². The lowest BCUT2D eigenvalue weighted by molar-refractivity contribution is 0.270. The summed E-state index contributed by atoms with van der Waals surface area (Å²) in [5.41, 5.74) is 3.28. The Balaban J connectivity index is 0.00000324. The highest BCUT2D eigenvalue weighted by Crippen LogP contribution is 2.17. The summed E-state index contributed by atoms with van der Waals surface area (Å²) in [6, 6.07) is 14.5. The van der Waals surface area contributed by atoms with Gasteiger partial charge in [0, 0.05) is 53.0 Å². The molecule has 1 fully saturated rings. The minimum absolute atomic E-state index is 0. The molecule has 8 nitrogen and oxygen atoms in total. The quantitative estimate of drug-likeness (QED) is 0.256. The van der Waals surface area contributed by atoms with Crippen molar-refractivity contribution in [3.63, 3.8) is 0 Å². The van der Waals surface area contributed by atoms with Gasteiger partial charge in [-0.05, 0) is 23.7 Å². The van der Waals surface area contributed by atoms with Gasteiger partial charge < -0.3 is 25.0 Å². The van der Waals surface area contributed by atoms with Gasteiger partial charge in [-0.25, -0.2) is 9.97 Å². The number of nitrogens with zero attached hydrogens (tertiary/aromatic N) is 6. The molecular weight excluding hydrogens is 539 g/mol. The molecular formula is C25H35IN8. The number of hydrogen-bond donors (Lipinski definition) is 2. The van der Waals surface area contributed by atoms with E-state index in [4.69, 9.17) is 4.98 Å². The summed E-state index contributed by atoms with van der Waals surface area (Å²) >= 11 is 0. The van der Waals surface area contributed by atoms with Crippen LogP contribution in [0.3, 0.4) is 0 Å². The first kappa shape index (κ1) is 26.0. The molecule has 1 aromatic carbocycles. The smallest absolute Gasteiger partial charge is 0.194 e. The number of benzene rings is 1. The molecule has 0 radical (unpaired) electrons. The zero-order valence-electron chi connectivity index (χ0n) is 20.2. The summed E-state index contributed by atoms with van der Waals surface area (Å²) in [5, 5.41) is 3.43. The van der Waals surface area contributed by atoms with Crippen LogP contribution < -0.4 is 10.2 Å². The molecule has 3 aromatic rings. The molecule has 9 heteroatoms. The topological polar surface area (TPSA) is 75.7 Å². The number of aromatic amines is 1. The van der Waals surface area contributed by atoms with Crippen LogP contribution in [-0.2, 0) is 13.1 Å². The Bertz CT molecular complexity index is 1030. The van der Waals surface area contributed by atoms with Gasteiger partial charge in [-0.3, -0.25) is 4.99 Å². The summed E-state index contributed by atoms with van der Waals surface area (Å²) in [7, 11) is 3.81. The number of aliphatic imine (C=N–C) groups is 1. The van der Waals surface area contributed by atoms with E-state index in [2.05, 4.69) is 66.2 Å². The van der Waals surface area contributed by atoms with Gasteiger partial charge in [0.1, 0.15) is 11.6 Å². The lowest BCUT2D eigenvalue weighted by Crippen LogP contribution is -2.46. The first-order chi connectivity index (χ1) is 16.2. The molecule has 1 aliphatic heterocycles. The molecule has 0 spiro atoms. The lowest BCUT2D eigenvalue weighted by Gasteiger charge is -2.34. The van der Waals surface area contributed by atoms with Crippen molar-refractivity contribution in [2.75, 3.05) is 51.7 Å². The number of halogens is 1. The number of aromatic nitrogens is 3. The Hall–Kier alpha value is -2.66. The molecule has 2 aromatic heterocycles. The first-order valence-electron chi connectivity index (χ1n) is 11.6.